The van der Waals surface area contributed by atoms with Gasteiger partial charge in [-0.1, -0.05) is 6.07 Å². The van der Waals surface area contributed by atoms with Gasteiger partial charge in [0.25, 0.3) is 0 Å². The highest BCUT2D eigenvalue weighted by atomic mass is 19.4. The Kier molecular flexibility index (Phi) is 3.44. The minimum Gasteiger partial charge on any atom is -0.497 e. The largest absolute Gasteiger partial charge is 0.497 e. The number of ether oxygens (including phenoxy) is 1. The third-order valence-electron chi connectivity index (χ3n) is 1.91. The Bertz CT molecular complexity index is 325. The Hall–Kier alpha value is -1.39. The quantitative estimate of drug-likeness (QED) is 0.775. The molecular formula is C10H12F3NO. The zero-order valence-corrected chi connectivity index (χ0v) is 8.51. The van der Waals surface area contributed by atoms with Crippen molar-refractivity contribution < 1.29 is 17.9 Å². The minimum atomic E-state index is -4.20. The van der Waals surface area contributed by atoms with Crippen LogP contribution in [0.25, 0.3) is 0 Å². The maximum atomic E-state index is 12.1. The Morgan fingerprint density at radius 3 is 2.53 bits per heavy atom. The zero-order valence-electron chi connectivity index (χ0n) is 8.51. The van der Waals surface area contributed by atoms with Crippen LogP contribution < -0.4 is 9.64 Å². The van der Waals surface area contributed by atoms with Crippen molar-refractivity contribution in [1.29, 1.82) is 0 Å². The number of nitrogens with zero attached hydrogens (tertiary/aromatic N) is 1. The van der Waals surface area contributed by atoms with E-state index in [0.29, 0.717) is 11.4 Å². The molecule has 0 unspecified atom stereocenters. The van der Waals surface area contributed by atoms with Crippen LogP contribution in [0.2, 0.25) is 0 Å². The molecule has 0 saturated carbocycles. The monoisotopic (exact) mass is 219 g/mol. The predicted molar refractivity (Wildman–Crippen MR) is 52.3 cm³/mol. The van der Waals surface area contributed by atoms with Crippen LogP contribution in [-0.2, 0) is 0 Å². The summed E-state index contributed by atoms with van der Waals surface area (Å²) in [6, 6.07) is 6.51. The molecule has 0 spiro atoms. The van der Waals surface area contributed by atoms with Gasteiger partial charge in [-0.15, -0.1) is 0 Å². The lowest BCUT2D eigenvalue weighted by atomic mass is 10.3. The van der Waals surface area contributed by atoms with Crippen LogP contribution in [0.15, 0.2) is 24.3 Å². The molecule has 0 aliphatic carbocycles. The van der Waals surface area contributed by atoms with Crippen molar-refractivity contribution >= 4 is 5.69 Å². The van der Waals surface area contributed by atoms with E-state index in [9.17, 15) is 13.2 Å². The Balaban J connectivity index is 2.77. The molecular weight excluding hydrogens is 207 g/mol. The van der Waals surface area contributed by atoms with Gasteiger partial charge in [0, 0.05) is 18.8 Å². The number of benzene rings is 1. The van der Waals surface area contributed by atoms with Gasteiger partial charge in [0.1, 0.15) is 12.3 Å². The first kappa shape index (κ1) is 11.7. The lowest BCUT2D eigenvalue weighted by molar-refractivity contribution is -0.119. The molecule has 0 atom stereocenters. The molecule has 0 heterocycles. The summed E-state index contributed by atoms with van der Waals surface area (Å²) in [5.41, 5.74) is 0.478. The average Bonchev–Trinajstić information content (AvgIpc) is 2.15. The van der Waals surface area contributed by atoms with Crippen LogP contribution in [0.4, 0.5) is 18.9 Å². The molecule has 0 saturated heterocycles. The van der Waals surface area contributed by atoms with E-state index < -0.39 is 12.7 Å². The molecule has 5 heteroatoms. The first-order valence-corrected chi connectivity index (χ1v) is 4.34. The molecule has 0 aromatic heterocycles. The van der Waals surface area contributed by atoms with Crippen LogP contribution >= 0.6 is 0 Å². The van der Waals surface area contributed by atoms with Crippen molar-refractivity contribution in [3.63, 3.8) is 0 Å². The second-order valence-corrected chi connectivity index (χ2v) is 3.17. The molecule has 0 radical (unpaired) electrons. The maximum Gasteiger partial charge on any atom is 0.405 e. The van der Waals surface area contributed by atoms with Crippen LogP contribution in [0, 0.1) is 0 Å². The van der Waals surface area contributed by atoms with Crippen molar-refractivity contribution in [2.24, 2.45) is 0 Å². The topological polar surface area (TPSA) is 12.5 Å². The van der Waals surface area contributed by atoms with Gasteiger partial charge in [0.05, 0.1) is 7.11 Å². The highest BCUT2D eigenvalue weighted by molar-refractivity contribution is 5.50. The lowest BCUT2D eigenvalue weighted by Gasteiger charge is -2.21. The first-order valence-electron chi connectivity index (χ1n) is 4.34. The summed E-state index contributed by atoms with van der Waals surface area (Å²) in [6.45, 7) is -0.972. The third-order valence-corrected chi connectivity index (χ3v) is 1.91. The summed E-state index contributed by atoms with van der Waals surface area (Å²) < 4.78 is 41.2. The van der Waals surface area contributed by atoms with Gasteiger partial charge in [-0.25, -0.2) is 0 Å². The van der Waals surface area contributed by atoms with Gasteiger partial charge in [0.15, 0.2) is 0 Å². The SMILES string of the molecule is COc1cccc(N(C)CC(F)(F)F)c1. The van der Waals surface area contributed by atoms with Crippen LogP contribution in [-0.4, -0.2) is 26.9 Å². The third kappa shape index (κ3) is 3.69. The fourth-order valence-electron chi connectivity index (χ4n) is 1.21. The molecule has 0 bridgehead atoms. The molecule has 84 valence electrons. The van der Waals surface area contributed by atoms with Gasteiger partial charge in [-0.05, 0) is 12.1 Å². The Morgan fingerprint density at radius 2 is 2.00 bits per heavy atom. The summed E-state index contributed by atoms with van der Waals surface area (Å²) in [4.78, 5) is 1.13. The molecule has 0 N–H and O–H groups in total. The number of methoxy groups -OCH3 is 1. The number of halogens is 3. The van der Waals surface area contributed by atoms with E-state index in [0.717, 1.165) is 4.90 Å². The average molecular weight is 219 g/mol. The molecule has 1 aromatic rings. The van der Waals surface area contributed by atoms with Crippen molar-refractivity contribution in [2.45, 2.75) is 6.18 Å². The van der Waals surface area contributed by atoms with Crippen LogP contribution in [0.1, 0.15) is 0 Å². The summed E-state index contributed by atoms with van der Waals surface area (Å²) in [6.07, 6.45) is -4.20. The predicted octanol–water partition coefficient (Wildman–Crippen LogP) is 2.69. The maximum absolute atomic E-state index is 12.1. The van der Waals surface area contributed by atoms with Gasteiger partial charge in [0.2, 0.25) is 0 Å². The zero-order chi connectivity index (χ0) is 11.5. The van der Waals surface area contributed by atoms with E-state index in [1.165, 1.54) is 14.2 Å². The number of anilines is 1. The smallest absolute Gasteiger partial charge is 0.405 e. The molecule has 15 heavy (non-hydrogen) atoms. The number of hydrogen-bond acceptors (Lipinski definition) is 2. The lowest BCUT2D eigenvalue weighted by Crippen LogP contribution is -2.30. The molecule has 0 aliphatic rings. The standard InChI is InChI=1S/C10H12F3NO/c1-14(7-10(11,12)13)8-4-3-5-9(6-8)15-2/h3-6H,7H2,1-2H3. The van der Waals surface area contributed by atoms with E-state index in [2.05, 4.69) is 0 Å². The second-order valence-electron chi connectivity index (χ2n) is 3.17. The number of hydrogen-bond donors (Lipinski definition) is 0. The van der Waals surface area contributed by atoms with Crippen LogP contribution in [0.3, 0.4) is 0 Å². The molecule has 1 rings (SSSR count). The molecule has 0 amide bonds. The minimum absolute atomic E-state index is 0.478. The van der Waals surface area contributed by atoms with Gasteiger partial charge < -0.3 is 9.64 Å². The van der Waals surface area contributed by atoms with E-state index in [1.54, 1.807) is 24.3 Å². The summed E-state index contributed by atoms with van der Waals surface area (Å²) in [7, 11) is 2.87. The van der Waals surface area contributed by atoms with E-state index in [-0.39, 0.29) is 0 Å². The summed E-state index contributed by atoms with van der Waals surface area (Å²) >= 11 is 0. The molecule has 0 fully saturated rings. The normalized spacial score (nSPS) is 11.3. The second kappa shape index (κ2) is 4.42. The Labute approximate surface area is 86.3 Å². The number of rotatable bonds is 3. The summed E-state index contributed by atoms with van der Waals surface area (Å²) in [5.74, 6) is 0.543. The van der Waals surface area contributed by atoms with Gasteiger partial charge in [-0.2, -0.15) is 13.2 Å². The fraction of sp³-hybridized carbons (Fsp3) is 0.400. The molecule has 1 aromatic carbocycles. The first-order chi connectivity index (χ1) is 6.92. The van der Waals surface area contributed by atoms with Crippen molar-refractivity contribution in [1.82, 2.24) is 0 Å². The van der Waals surface area contributed by atoms with Crippen molar-refractivity contribution in [3.05, 3.63) is 24.3 Å². The van der Waals surface area contributed by atoms with Crippen molar-refractivity contribution in [2.75, 3.05) is 25.6 Å². The van der Waals surface area contributed by atoms with E-state index in [4.69, 9.17) is 4.74 Å². The number of alkyl halides is 3. The fourth-order valence-corrected chi connectivity index (χ4v) is 1.21. The highest BCUT2D eigenvalue weighted by Crippen LogP contribution is 2.23. The molecule has 2 nitrogen and oxygen atoms in total. The van der Waals surface area contributed by atoms with Gasteiger partial charge >= 0.3 is 6.18 Å². The summed E-state index contributed by atoms with van der Waals surface area (Å²) in [5, 5.41) is 0. The van der Waals surface area contributed by atoms with Crippen LogP contribution in [0.5, 0.6) is 5.75 Å². The van der Waals surface area contributed by atoms with Gasteiger partial charge in [-0.3, -0.25) is 0 Å². The van der Waals surface area contributed by atoms with E-state index in [1.807, 2.05) is 0 Å². The van der Waals surface area contributed by atoms with Crippen molar-refractivity contribution in [3.8, 4) is 5.75 Å². The van der Waals surface area contributed by atoms with E-state index >= 15 is 0 Å². The Morgan fingerprint density at radius 1 is 1.33 bits per heavy atom. The molecule has 0 aliphatic heterocycles. The highest BCUT2D eigenvalue weighted by Gasteiger charge is 2.29.